The second-order valence-corrected chi connectivity index (χ2v) is 10.0. The Bertz CT molecular complexity index is 1120. The predicted octanol–water partition coefficient (Wildman–Crippen LogP) is 5.61. The molecule has 1 aromatic heterocycles. The number of halogens is 3. The van der Waals surface area contributed by atoms with E-state index in [1.54, 1.807) is 0 Å². The molecule has 1 heterocycles. The molecule has 0 unspecified atom stereocenters. The molecule has 0 spiro atoms. The van der Waals surface area contributed by atoms with Gasteiger partial charge in [-0.25, -0.2) is 13.8 Å². The van der Waals surface area contributed by atoms with Gasteiger partial charge in [0.25, 0.3) is 0 Å². The highest BCUT2D eigenvalue weighted by Gasteiger charge is 2.36. The van der Waals surface area contributed by atoms with E-state index in [-0.39, 0.29) is 34.9 Å². The summed E-state index contributed by atoms with van der Waals surface area (Å²) in [5.41, 5.74) is 7.19. The fourth-order valence-electron chi connectivity index (χ4n) is 4.05. The molecular weight excluding hydrogens is 518 g/mol. The molecule has 7 nitrogen and oxygen atoms in total. The summed E-state index contributed by atoms with van der Waals surface area (Å²) in [4.78, 5) is 20.3. The van der Waals surface area contributed by atoms with E-state index < -0.39 is 11.6 Å². The molecule has 1 saturated carbocycles. The van der Waals surface area contributed by atoms with Gasteiger partial charge in [0.1, 0.15) is 12.1 Å². The van der Waals surface area contributed by atoms with Crippen LogP contribution in [-0.2, 0) is 15.0 Å². The summed E-state index contributed by atoms with van der Waals surface area (Å²) < 4.78 is 41.5. The minimum atomic E-state index is -0.612. The zero-order valence-corrected chi connectivity index (χ0v) is 20.9. The van der Waals surface area contributed by atoms with E-state index in [0.29, 0.717) is 16.6 Å². The van der Waals surface area contributed by atoms with Crippen molar-refractivity contribution in [2.45, 2.75) is 48.5 Å². The van der Waals surface area contributed by atoms with Crippen LogP contribution in [0.15, 0.2) is 47.6 Å². The van der Waals surface area contributed by atoms with Gasteiger partial charge >= 0.3 is 6.15 Å². The van der Waals surface area contributed by atoms with Crippen LogP contribution in [0, 0.1) is 11.6 Å². The van der Waals surface area contributed by atoms with E-state index >= 15 is 0 Å². The van der Waals surface area contributed by atoms with Gasteiger partial charge in [-0.1, -0.05) is 23.7 Å². The summed E-state index contributed by atoms with van der Waals surface area (Å²) in [7, 11) is 0. The van der Waals surface area contributed by atoms with Crippen molar-refractivity contribution in [3.05, 3.63) is 64.9 Å². The quantitative estimate of drug-likeness (QED) is 0.355. The van der Waals surface area contributed by atoms with E-state index in [4.69, 9.17) is 31.7 Å². The Morgan fingerprint density at radius 1 is 1.20 bits per heavy atom. The van der Waals surface area contributed by atoms with Crippen molar-refractivity contribution < 1.29 is 23.1 Å². The predicted molar refractivity (Wildman–Crippen MR) is 130 cm³/mol. The van der Waals surface area contributed by atoms with Crippen molar-refractivity contribution in [1.82, 2.24) is 9.36 Å². The number of hydrogen-bond acceptors (Lipinski definition) is 9. The van der Waals surface area contributed by atoms with E-state index in [0.717, 1.165) is 61.3 Å². The summed E-state index contributed by atoms with van der Waals surface area (Å²) >= 11 is 8.13. The van der Waals surface area contributed by atoms with Crippen LogP contribution in [0.5, 0.6) is 5.75 Å². The van der Waals surface area contributed by atoms with Gasteiger partial charge in [-0.3, -0.25) is 0 Å². The van der Waals surface area contributed by atoms with Crippen molar-refractivity contribution in [3.63, 3.8) is 0 Å². The maximum atomic E-state index is 14.6. The van der Waals surface area contributed by atoms with Crippen LogP contribution in [-0.4, -0.2) is 28.2 Å². The van der Waals surface area contributed by atoms with E-state index in [2.05, 4.69) is 14.1 Å². The summed E-state index contributed by atoms with van der Waals surface area (Å²) in [6.07, 6.45) is 5.99. The standard InChI is InChI=1S/C22H23ClF2N4OS2.CO2/c23-15-3-1-14(2-4-15)22(7-5-16(26)6-8-22)9-10-30-19-11-18(25)20(12-17(19)24)31-29-21-27-13-28-32-21;2-1-3/h1-4,11-13,16H,5-10,26H2,(H,27,28,29);. The highest BCUT2D eigenvalue weighted by Crippen LogP contribution is 2.42. The van der Waals surface area contributed by atoms with Crippen LogP contribution < -0.4 is 15.2 Å². The first kappa shape index (κ1) is 27.0. The minimum absolute atomic E-state index is 0.0958. The molecule has 35 heavy (non-hydrogen) atoms. The van der Waals surface area contributed by atoms with Crippen molar-refractivity contribution in [3.8, 4) is 5.75 Å². The molecule has 4 rings (SSSR count). The molecule has 0 atom stereocenters. The lowest BCUT2D eigenvalue weighted by Crippen LogP contribution is -2.38. The van der Waals surface area contributed by atoms with Crippen LogP contribution in [0.1, 0.15) is 37.7 Å². The number of benzene rings is 2. The van der Waals surface area contributed by atoms with E-state index in [1.807, 2.05) is 24.3 Å². The molecule has 186 valence electrons. The maximum absolute atomic E-state index is 14.6. The number of rotatable bonds is 8. The van der Waals surface area contributed by atoms with Gasteiger partial charge in [0.2, 0.25) is 5.13 Å². The third-order valence-electron chi connectivity index (χ3n) is 5.88. The van der Waals surface area contributed by atoms with Gasteiger partial charge in [0.05, 0.1) is 11.5 Å². The van der Waals surface area contributed by atoms with Gasteiger partial charge in [-0.2, -0.15) is 14.0 Å². The average Bonchev–Trinajstić information content (AvgIpc) is 3.36. The molecule has 12 heteroatoms. The average molecular weight is 541 g/mol. The lowest BCUT2D eigenvalue weighted by Gasteiger charge is -2.40. The molecule has 0 aliphatic heterocycles. The number of nitrogens with one attached hydrogen (secondary N) is 1. The third kappa shape index (κ3) is 7.46. The molecule has 1 fully saturated rings. The fourth-order valence-corrected chi connectivity index (χ4v) is 5.31. The normalized spacial score (nSPS) is 19.3. The number of hydrogen-bond donors (Lipinski definition) is 2. The molecular formula is C23H23ClF2N4O3S2. The molecule has 2 aromatic carbocycles. The number of anilines is 1. The topological polar surface area (TPSA) is 107 Å². The van der Waals surface area contributed by atoms with Gasteiger partial charge in [0, 0.05) is 28.7 Å². The summed E-state index contributed by atoms with van der Waals surface area (Å²) in [5, 5.41) is 1.19. The van der Waals surface area contributed by atoms with Crippen molar-refractivity contribution in [2.75, 3.05) is 11.3 Å². The zero-order chi connectivity index (χ0) is 25.3. The summed E-state index contributed by atoms with van der Waals surface area (Å²) in [5.74, 6) is -1.28. The Balaban J connectivity index is 0.00000108. The molecule has 3 N–H and O–H groups in total. The molecule has 0 saturated heterocycles. The highest BCUT2D eigenvalue weighted by molar-refractivity contribution is 8.00. The first-order valence-corrected chi connectivity index (χ1v) is 12.7. The lowest BCUT2D eigenvalue weighted by atomic mass is 9.66. The maximum Gasteiger partial charge on any atom is 0.373 e. The molecule has 0 radical (unpaired) electrons. The molecule has 1 aliphatic rings. The Morgan fingerprint density at radius 2 is 1.89 bits per heavy atom. The first-order chi connectivity index (χ1) is 16.9. The number of aromatic nitrogens is 2. The Kier molecular flexibility index (Phi) is 10.00. The second kappa shape index (κ2) is 12.9. The minimum Gasteiger partial charge on any atom is -0.490 e. The monoisotopic (exact) mass is 540 g/mol. The van der Waals surface area contributed by atoms with Gasteiger partial charge in [0.15, 0.2) is 11.6 Å². The zero-order valence-electron chi connectivity index (χ0n) is 18.5. The van der Waals surface area contributed by atoms with Gasteiger partial charge in [-0.15, -0.1) is 0 Å². The fraction of sp³-hybridized carbons (Fsp3) is 0.348. The Hall–Kier alpha value is -2.56. The van der Waals surface area contributed by atoms with Gasteiger partial charge in [-0.05, 0) is 73.2 Å². The van der Waals surface area contributed by atoms with Crippen molar-refractivity contribution >= 4 is 46.4 Å². The number of carbonyl (C=O) groups excluding carboxylic acids is 2. The highest BCUT2D eigenvalue weighted by atomic mass is 35.5. The number of nitrogens with zero attached hydrogens (tertiary/aromatic N) is 2. The number of nitrogens with two attached hydrogens (primary N) is 1. The summed E-state index contributed by atoms with van der Waals surface area (Å²) in [6.45, 7) is 0.268. The van der Waals surface area contributed by atoms with Crippen LogP contribution >= 0.6 is 35.1 Å². The van der Waals surface area contributed by atoms with E-state index in [9.17, 15) is 8.78 Å². The largest absolute Gasteiger partial charge is 0.490 e. The molecule has 0 amide bonds. The molecule has 1 aliphatic carbocycles. The summed E-state index contributed by atoms with van der Waals surface area (Å²) in [6, 6.07) is 10.3. The van der Waals surface area contributed by atoms with Crippen LogP contribution in [0.2, 0.25) is 5.02 Å². The van der Waals surface area contributed by atoms with E-state index in [1.165, 1.54) is 11.9 Å². The lowest BCUT2D eigenvalue weighted by molar-refractivity contribution is -0.191. The Labute approximate surface area is 214 Å². The Morgan fingerprint density at radius 3 is 2.51 bits per heavy atom. The first-order valence-electron chi connectivity index (χ1n) is 10.7. The SMILES string of the molecule is NC1CCC(CCOc2cc(F)c(SNc3ncns3)cc2F)(c2ccc(Cl)cc2)CC1.O=C=O. The van der Waals surface area contributed by atoms with Crippen LogP contribution in [0.4, 0.5) is 13.9 Å². The van der Waals surface area contributed by atoms with Crippen LogP contribution in [0.3, 0.4) is 0 Å². The molecule has 3 aromatic rings. The third-order valence-corrected chi connectivity index (χ3v) is 7.67. The van der Waals surface area contributed by atoms with Crippen LogP contribution in [0.25, 0.3) is 0 Å². The second-order valence-electron chi connectivity index (χ2n) is 7.97. The van der Waals surface area contributed by atoms with Gasteiger partial charge < -0.3 is 15.2 Å². The number of ether oxygens (including phenoxy) is 1. The van der Waals surface area contributed by atoms with Crippen molar-refractivity contribution in [2.24, 2.45) is 5.73 Å². The molecule has 0 bridgehead atoms. The smallest absolute Gasteiger partial charge is 0.373 e. The van der Waals surface area contributed by atoms with Crippen molar-refractivity contribution in [1.29, 1.82) is 0 Å².